The Kier molecular flexibility index (Phi) is 4.63. The van der Waals surface area contributed by atoms with Gasteiger partial charge in [-0.1, -0.05) is 30.3 Å². The molecule has 2 aromatic heterocycles. The second kappa shape index (κ2) is 7.38. The lowest BCUT2D eigenvalue weighted by Gasteiger charge is -2.05. The maximum Gasteiger partial charge on any atom is 0.257 e. The average Bonchev–Trinajstić information content (AvgIpc) is 3.29. The Labute approximate surface area is 158 Å². The number of hydrogen-bond acceptors (Lipinski definition) is 5. The molecule has 0 spiro atoms. The first kappa shape index (κ1) is 16.9. The monoisotopic (exact) mass is 377 g/mol. The van der Waals surface area contributed by atoms with Crippen molar-refractivity contribution in [2.45, 2.75) is 6.42 Å². The zero-order chi connectivity index (χ0) is 18.6. The standard InChI is InChI=1S/C19H15N5O2S/c25-17(23-24-12-20-15-8-4-5-9-16(15)24)10-14-11-27-19(21-14)22-18(26)13-6-2-1-3-7-13/h1-9,11-12H,10H2,(H,23,25)(H,21,22,26). The van der Waals surface area contributed by atoms with Crippen LogP contribution in [0.2, 0.25) is 0 Å². The number of nitrogens with one attached hydrogen (secondary N) is 2. The molecule has 0 atom stereocenters. The summed E-state index contributed by atoms with van der Waals surface area (Å²) >= 11 is 1.28. The van der Waals surface area contributed by atoms with Crippen LogP contribution in [0.4, 0.5) is 5.13 Å². The van der Waals surface area contributed by atoms with Crippen molar-refractivity contribution in [2.24, 2.45) is 0 Å². The number of nitrogens with zero attached hydrogens (tertiary/aromatic N) is 3. The molecule has 0 saturated heterocycles. The van der Waals surface area contributed by atoms with Crippen LogP contribution in [-0.2, 0) is 11.2 Å². The Balaban J connectivity index is 1.39. The quantitative estimate of drug-likeness (QED) is 0.559. The van der Waals surface area contributed by atoms with Gasteiger partial charge < -0.3 is 0 Å². The number of fused-ring (bicyclic) bond motifs is 1. The van der Waals surface area contributed by atoms with Crippen LogP contribution in [0.3, 0.4) is 0 Å². The summed E-state index contributed by atoms with van der Waals surface area (Å²) in [6.45, 7) is 0. The van der Waals surface area contributed by atoms with Gasteiger partial charge in [0.25, 0.3) is 5.91 Å². The highest BCUT2D eigenvalue weighted by molar-refractivity contribution is 7.14. The van der Waals surface area contributed by atoms with Gasteiger partial charge in [0.05, 0.1) is 23.1 Å². The molecule has 0 fully saturated rings. The fourth-order valence-corrected chi connectivity index (χ4v) is 3.30. The number of carbonyl (C=O) groups is 2. The van der Waals surface area contributed by atoms with Gasteiger partial charge in [-0.25, -0.2) is 14.6 Å². The fourth-order valence-electron chi connectivity index (χ4n) is 2.59. The van der Waals surface area contributed by atoms with Crippen molar-refractivity contribution >= 4 is 39.3 Å². The molecule has 0 aliphatic carbocycles. The van der Waals surface area contributed by atoms with Gasteiger partial charge in [0, 0.05) is 10.9 Å². The number of anilines is 1. The van der Waals surface area contributed by atoms with E-state index in [1.54, 1.807) is 40.6 Å². The van der Waals surface area contributed by atoms with E-state index >= 15 is 0 Å². The second-order valence-electron chi connectivity index (χ2n) is 5.78. The third-order valence-electron chi connectivity index (χ3n) is 3.85. The first-order chi connectivity index (χ1) is 13.2. The van der Waals surface area contributed by atoms with Crippen molar-refractivity contribution in [1.82, 2.24) is 14.6 Å². The largest absolute Gasteiger partial charge is 0.298 e. The number of hydrogen-bond donors (Lipinski definition) is 2. The Bertz CT molecular complexity index is 1100. The van der Waals surface area contributed by atoms with E-state index in [1.165, 1.54) is 11.3 Å². The zero-order valence-electron chi connectivity index (χ0n) is 14.1. The predicted octanol–water partition coefficient (Wildman–Crippen LogP) is 3.06. The third kappa shape index (κ3) is 3.85. The average molecular weight is 377 g/mol. The molecule has 0 bridgehead atoms. The molecular formula is C19H15N5O2S. The Morgan fingerprint density at radius 3 is 2.67 bits per heavy atom. The highest BCUT2D eigenvalue weighted by atomic mass is 32.1. The normalized spacial score (nSPS) is 10.7. The van der Waals surface area contributed by atoms with E-state index in [9.17, 15) is 9.59 Å². The first-order valence-electron chi connectivity index (χ1n) is 8.22. The van der Waals surface area contributed by atoms with Gasteiger partial charge in [0.15, 0.2) is 5.13 Å². The molecule has 0 unspecified atom stereocenters. The topological polar surface area (TPSA) is 88.9 Å². The minimum Gasteiger partial charge on any atom is -0.298 e. The van der Waals surface area contributed by atoms with Crippen molar-refractivity contribution in [2.75, 3.05) is 10.7 Å². The molecule has 2 N–H and O–H groups in total. The summed E-state index contributed by atoms with van der Waals surface area (Å²) in [6, 6.07) is 16.4. The number of carbonyl (C=O) groups excluding carboxylic acids is 2. The maximum atomic E-state index is 12.3. The number of imidazole rings is 1. The van der Waals surface area contributed by atoms with Gasteiger partial charge in [-0.2, -0.15) is 0 Å². The van der Waals surface area contributed by atoms with Crippen molar-refractivity contribution in [3.63, 3.8) is 0 Å². The van der Waals surface area contributed by atoms with Crippen LogP contribution in [0, 0.1) is 0 Å². The maximum absolute atomic E-state index is 12.3. The minimum absolute atomic E-state index is 0.101. The van der Waals surface area contributed by atoms with E-state index in [1.807, 2.05) is 30.3 Å². The summed E-state index contributed by atoms with van der Waals surface area (Å²) in [7, 11) is 0. The number of aromatic nitrogens is 3. The molecule has 134 valence electrons. The lowest BCUT2D eigenvalue weighted by atomic mass is 10.2. The van der Waals surface area contributed by atoms with Crippen LogP contribution in [-0.4, -0.2) is 26.5 Å². The van der Waals surface area contributed by atoms with E-state index in [0.717, 1.165) is 11.0 Å². The summed E-state index contributed by atoms with van der Waals surface area (Å²) in [5, 5.41) is 4.96. The van der Waals surface area contributed by atoms with Crippen molar-refractivity contribution in [1.29, 1.82) is 0 Å². The zero-order valence-corrected chi connectivity index (χ0v) is 14.9. The Hall–Kier alpha value is -3.52. The highest BCUT2D eigenvalue weighted by Crippen LogP contribution is 2.17. The molecule has 7 nitrogen and oxygen atoms in total. The summed E-state index contributed by atoms with van der Waals surface area (Å²) in [4.78, 5) is 33.0. The number of thiazole rings is 1. The molecule has 2 aromatic carbocycles. The summed E-state index contributed by atoms with van der Waals surface area (Å²) < 4.78 is 1.59. The second-order valence-corrected chi connectivity index (χ2v) is 6.64. The molecule has 2 amide bonds. The SMILES string of the molecule is O=C(Cc1csc(NC(=O)c2ccccc2)n1)Nn1cnc2ccccc21. The lowest BCUT2D eigenvalue weighted by molar-refractivity contribution is -0.116. The molecule has 0 aliphatic heterocycles. The molecule has 8 heteroatoms. The number of amides is 2. The van der Waals surface area contributed by atoms with Gasteiger partial charge >= 0.3 is 0 Å². The van der Waals surface area contributed by atoms with Gasteiger partial charge in [0.2, 0.25) is 5.91 Å². The van der Waals surface area contributed by atoms with Crippen LogP contribution in [0.25, 0.3) is 11.0 Å². The number of para-hydroxylation sites is 2. The third-order valence-corrected chi connectivity index (χ3v) is 4.66. The number of rotatable bonds is 5. The molecule has 2 heterocycles. The van der Waals surface area contributed by atoms with Crippen LogP contribution < -0.4 is 10.7 Å². The summed E-state index contributed by atoms with van der Waals surface area (Å²) in [5.41, 5.74) is 5.55. The molecular weight excluding hydrogens is 362 g/mol. The fraction of sp³-hybridized carbons (Fsp3) is 0.0526. The van der Waals surface area contributed by atoms with E-state index in [4.69, 9.17) is 0 Å². The summed E-state index contributed by atoms with van der Waals surface area (Å²) in [6.07, 6.45) is 1.67. The van der Waals surface area contributed by atoms with E-state index < -0.39 is 0 Å². The van der Waals surface area contributed by atoms with E-state index in [0.29, 0.717) is 16.4 Å². The minimum atomic E-state index is -0.231. The first-order valence-corrected chi connectivity index (χ1v) is 9.10. The van der Waals surface area contributed by atoms with Gasteiger partial charge in [0.1, 0.15) is 6.33 Å². The van der Waals surface area contributed by atoms with Crippen molar-refractivity contribution in [3.8, 4) is 0 Å². The van der Waals surface area contributed by atoms with Gasteiger partial charge in [-0.3, -0.25) is 20.3 Å². The molecule has 4 aromatic rings. The van der Waals surface area contributed by atoms with Crippen molar-refractivity contribution in [3.05, 3.63) is 77.6 Å². The van der Waals surface area contributed by atoms with Gasteiger partial charge in [-0.05, 0) is 24.3 Å². The highest BCUT2D eigenvalue weighted by Gasteiger charge is 2.12. The van der Waals surface area contributed by atoms with Crippen LogP contribution >= 0.6 is 11.3 Å². The Morgan fingerprint density at radius 2 is 1.81 bits per heavy atom. The lowest BCUT2D eigenvalue weighted by Crippen LogP contribution is -2.23. The van der Waals surface area contributed by atoms with E-state index in [-0.39, 0.29) is 18.2 Å². The number of benzene rings is 2. The van der Waals surface area contributed by atoms with Gasteiger partial charge in [-0.15, -0.1) is 11.3 Å². The van der Waals surface area contributed by atoms with Crippen LogP contribution in [0.1, 0.15) is 16.1 Å². The van der Waals surface area contributed by atoms with Crippen LogP contribution in [0.15, 0.2) is 66.3 Å². The van der Waals surface area contributed by atoms with E-state index in [2.05, 4.69) is 20.7 Å². The molecule has 0 aliphatic rings. The smallest absolute Gasteiger partial charge is 0.257 e. The summed E-state index contributed by atoms with van der Waals surface area (Å²) in [5.74, 6) is -0.449. The van der Waals surface area contributed by atoms with Crippen molar-refractivity contribution < 1.29 is 9.59 Å². The van der Waals surface area contributed by atoms with Crippen LogP contribution in [0.5, 0.6) is 0 Å². The Morgan fingerprint density at radius 1 is 1.04 bits per heavy atom. The molecule has 0 radical (unpaired) electrons. The molecule has 27 heavy (non-hydrogen) atoms. The predicted molar refractivity (Wildman–Crippen MR) is 104 cm³/mol. The molecule has 0 saturated carbocycles. The molecule has 4 rings (SSSR count).